The van der Waals surface area contributed by atoms with Crippen LogP contribution in [0.3, 0.4) is 0 Å². The Bertz CT molecular complexity index is 947. The Morgan fingerprint density at radius 2 is 1.64 bits per heavy atom. The second-order valence-electron chi connectivity index (χ2n) is 10.9. The molecule has 33 heavy (non-hydrogen) atoms. The third-order valence-corrected chi connectivity index (χ3v) is 5.32. The van der Waals surface area contributed by atoms with Crippen LogP contribution in [-0.4, -0.2) is 39.7 Å². The number of anilines is 2. The lowest BCUT2D eigenvalue weighted by Gasteiger charge is -2.24. The second kappa shape index (κ2) is 10.4. The van der Waals surface area contributed by atoms with E-state index in [1.54, 1.807) is 0 Å². The Hall–Kier alpha value is -2.83. The first-order chi connectivity index (χ1) is 15.2. The summed E-state index contributed by atoms with van der Waals surface area (Å²) in [6.07, 6.45) is 0.751. The van der Waals surface area contributed by atoms with Crippen LogP contribution in [0.1, 0.15) is 85.9 Å². The predicted molar refractivity (Wildman–Crippen MR) is 136 cm³/mol. The van der Waals surface area contributed by atoms with Crippen molar-refractivity contribution in [2.24, 2.45) is 0 Å². The number of carbonyl (C=O) groups is 2. The Balaban J connectivity index is 2.14. The molecule has 3 amide bonds. The molecule has 0 aliphatic heterocycles. The van der Waals surface area contributed by atoms with Gasteiger partial charge in [0.1, 0.15) is 12.4 Å². The monoisotopic (exact) mass is 455 g/mol. The Kier molecular flexibility index (Phi) is 8.33. The average molecular weight is 456 g/mol. The third-order valence-electron chi connectivity index (χ3n) is 5.32. The quantitative estimate of drug-likeness (QED) is 0.542. The number of hydrogen-bond acceptors (Lipinski definition) is 3. The molecule has 2 aromatic rings. The number of nitrogens with one attached hydrogen (secondary N) is 2. The summed E-state index contributed by atoms with van der Waals surface area (Å²) in [6, 6.07) is 9.45. The molecule has 0 aliphatic rings. The summed E-state index contributed by atoms with van der Waals surface area (Å²) in [5, 5.41) is 10.6. The zero-order chi connectivity index (χ0) is 25.0. The summed E-state index contributed by atoms with van der Waals surface area (Å²) < 4.78 is 1.84. The van der Waals surface area contributed by atoms with Gasteiger partial charge in [0.05, 0.1) is 11.2 Å². The maximum absolute atomic E-state index is 12.9. The van der Waals surface area contributed by atoms with E-state index in [1.807, 2.05) is 62.7 Å². The number of amides is 3. The summed E-state index contributed by atoms with van der Waals surface area (Å²) in [6.45, 7) is 19.1. The van der Waals surface area contributed by atoms with Crippen LogP contribution in [0.15, 0.2) is 30.3 Å². The number of nitrogens with zero attached hydrogens (tertiary/aromatic N) is 3. The predicted octanol–water partition coefficient (Wildman–Crippen LogP) is 5.94. The van der Waals surface area contributed by atoms with Crippen molar-refractivity contribution in [3.8, 4) is 0 Å². The maximum atomic E-state index is 12.9. The fourth-order valence-corrected chi connectivity index (χ4v) is 3.38. The van der Waals surface area contributed by atoms with E-state index in [0.29, 0.717) is 24.0 Å². The van der Waals surface area contributed by atoms with Crippen LogP contribution in [0.4, 0.5) is 16.3 Å². The van der Waals surface area contributed by atoms with Gasteiger partial charge in [0.25, 0.3) is 0 Å². The summed E-state index contributed by atoms with van der Waals surface area (Å²) >= 11 is 0. The minimum atomic E-state index is -0.297. The minimum Gasteiger partial charge on any atom is -0.315 e. The number of aromatic nitrogens is 2. The van der Waals surface area contributed by atoms with Gasteiger partial charge in [0.2, 0.25) is 5.91 Å². The average Bonchev–Trinajstić information content (AvgIpc) is 3.12. The van der Waals surface area contributed by atoms with Gasteiger partial charge in [0.15, 0.2) is 0 Å². The van der Waals surface area contributed by atoms with Gasteiger partial charge >= 0.3 is 6.03 Å². The van der Waals surface area contributed by atoms with Crippen LogP contribution in [0.5, 0.6) is 0 Å². The molecule has 0 saturated heterocycles. The van der Waals surface area contributed by atoms with Crippen molar-refractivity contribution in [2.75, 3.05) is 23.7 Å². The number of benzene rings is 1. The fourth-order valence-electron chi connectivity index (χ4n) is 3.38. The lowest BCUT2D eigenvalue weighted by Crippen LogP contribution is -2.41. The van der Waals surface area contributed by atoms with Crippen LogP contribution in [0.25, 0.3) is 0 Å². The van der Waals surface area contributed by atoms with E-state index in [1.165, 1.54) is 10.5 Å². The summed E-state index contributed by atoms with van der Waals surface area (Å²) in [4.78, 5) is 27.4. The first kappa shape index (κ1) is 26.4. The standard InChI is InChI=1S/C26H41N5O2/c1-10-15-30(24(33)27-20-13-11-19(12-14-20)18(2)3)17-23(32)28-22-16-21(25(4,5)6)29-31(22)26(7,8)9/h11-14,16,18H,10,15,17H2,1-9H3,(H,27,33)(H,28,32). The molecule has 0 spiro atoms. The smallest absolute Gasteiger partial charge is 0.315 e. The third kappa shape index (κ3) is 7.34. The van der Waals surface area contributed by atoms with Gasteiger partial charge < -0.3 is 15.5 Å². The van der Waals surface area contributed by atoms with Gasteiger partial charge in [-0.05, 0) is 50.8 Å². The van der Waals surface area contributed by atoms with E-state index in [-0.39, 0.29) is 29.4 Å². The molecule has 0 fully saturated rings. The summed E-state index contributed by atoms with van der Waals surface area (Å²) in [5.41, 5.74) is 2.39. The number of carbonyl (C=O) groups excluding carboxylic acids is 2. The van der Waals surface area contributed by atoms with E-state index in [0.717, 1.165) is 12.1 Å². The number of hydrogen-bond donors (Lipinski definition) is 2. The highest BCUT2D eigenvalue weighted by Crippen LogP contribution is 2.28. The van der Waals surface area contributed by atoms with Crippen LogP contribution in [0, 0.1) is 0 Å². The van der Waals surface area contributed by atoms with Gasteiger partial charge in [-0.1, -0.05) is 53.7 Å². The van der Waals surface area contributed by atoms with Gasteiger partial charge in [-0.15, -0.1) is 0 Å². The van der Waals surface area contributed by atoms with E-state index < -0.39 is 0 Å². The van der Waals surface area contributed by atoms with Crippen molar-refractivity contribution in [2.45, 2.75) is 85.6 Å². The topological polar surface area (TPSA) is 79.3 Å². The van der Waals surface area contributed by atoms with Crippen molar-refractivity contribution in [3.63, 3.8) is 0 Å². The van der Waals surface area contributed by atoms with Crippen molar-refractivity contribution in [1.29, 1.82) is 0 Å². The summed E-state index contributed by atoms with van der Waals surface area (Å²) in [7, 11) is 0. The first-order valence-corrected chi connectivity index (χ1v) is 11.8. The highest BCUT2D eigenvalue weighted by atomic mass is 16.2. The van der Waals surface area contributed by atoms with E-state index >= 15 is 0 Å². The molecule has 2 N–H and O–H groups in total. The minimum absolute atomic E-state index is 0.0378. The van der Waals surface area contributed by atoms with E-state index in [9.17, 15) is 9.59 Å². The Morgan fingerprint density at radius 1 is 1.03 bits per heavy atom. The summed E-state index contributed by atoms with van der Waals surface area (Å²) in [5.74, 6) is 0.813. The molecule has 0 unspecified atom stereocenters. The first-order valence-electron chi connectivity index (χ1n) is 11.8. The fraction of sp³-hybridized carbons (Fsp3) is 0.577. The largest absolute Gasteiger partial charge is 0.322 e. The number of urea groups is 1. The highest BCUT2D eigenvalue weighted by molar-refractivity contribution is 5.96. The molecular formula is C26H41N5O2. The van der Waals surface area contributed by atoms with Crippen LogP contribution in [0.2, 0.25) is 0 Å². The lowest BCUT2D eigenvalue weighted by atomic mass is 9.92. The second-order valence-corrected chi connectivity index (χ2v) is 10.9. The maximum Gasteiger partial charge on any atom is 0.322 e. The Morgan fingerprint density at radius 3 is 2.12 bits per heavy atom. The number of rotatable bonds is 7. The molecule has 7 nitrogen and oxygen atoms in total. The van der Waals surface area contributed by atoms with Crippen molar-refractivity contribution in [3.05, 3.63) is 41.6 Å². The van der Waals surface area contributed by atoms with Crippen LogP contribution in [-0.2, 0) is 15.7 Å². The zero-order valence-electron chi connectivity index (χ0n) is 21.7. The molecule has 0 saturated carbocycles. The molecule has 0 radical (unpaired) electrons. The molecule has 1 heterocycles. The van der Waals surface area contributed by atoms with Crippen LogP contribution < -0.4 is 10.6 Å². The van der Waals surface area contributed by atoms with Gasteiger partial charge in [-0.25, -0.2) is 9.48 Å². The molecule has 2 rings (SSSR count). The zero-order valence-corrected chi connectivity index (χ0v) is 21.7. The van der Waals surface area contributed by atoms with E-state index in [4.69, 9.17) is 5.10 Å². The highest BCUT2D eigenvalue weighted by Gasteiger charge is 2.26. The molecule has 1 aromatic carbocycles. The van der Waals surface area contributed by atoms with Gasteiger partial charge in [-0.2, -0.15) is 5.10 Å². The van der Waals surface area contributed by atoms with E-state index in [2.05, 4.69) is 45.3 Å². The molecular weight excluding hydrogens is 414 g/mol. The van der Waals surface area contributed by atoms with Crippen LogP contribution >= 0.6 is 0 Å². The molecule has 0 aliphatic carbocycles. The molecule has 1 aromatic heterocycles. The molecule has 0 atom stereocenters. The lowest BCUT2D eigenvalue weighted by molar-refractivity contribution is -0.116. The Labute approximate surface area is 198 Å². The van der Waals surface area contributed by atoms with Crippen molar-refractivity contribution in [1.82, 2.24) is 14.7 Å². The molecule has 7 heteroatoms. The van der Waals surface area contributed by atoms with Gasteiger partial charge in [0, 0.05) is 23.7 Å². The van der Waals surface area contributed by atoms with Crippen molar-refractivity contribution < 1.29 is 9.59 Å². The van der Waals surface area contributed by atoms with Gasteiger partial charge in [-0.3, -0.25) is 4.79 Å². The SMILES string of the molecule is CCCN(CC(=O)Nc1cc(C(C)(C)C)nn1C(C)(C)C)C(=O)Nc1ccc(C(C)C)cc1. The normalized spacial score (nSPS) is 12.1. The molecule has 182 valence electrons. The van der Waals surface area contributed by atoms with Crippen molar-refractivity contribution >= 4 is 23.4 Å². The molecule has 0 bridgehead atoms.